The SMILES string of the molecule is CCN(CC)CCCNCC(C)OC. The van der Waals surface area contributed by atoms with Gasteiger partial charge in [0.15, 0.2) is 0 Å². The van der Waals surface area contributed by atoms with Crippen LogP contribution in [0.25, 0.3) is 0 Å². The molecule has 0 spiro atoms. The molecule has 0 bridgehead atoms. The summed E-state index contributed by atoms with van der Waals surface area (Å²) in [5.74, 6) is 0. The molecular formula is C11H26N2O. The zero-order valence-electron chi connectivity index (χ0n) is 10.2. The molecule has 14 heavy (non-hydrogen) atoms. The van der Waals surface area contributed by atoms with E-state index >= 15 is 0 Å². The minimum Gasteiger partial charge on any atom is -0.380 e. The summed E-state index contributed by atoms with van der Waals surface area (Å²) in [5, 5.41) is 3.39. The van der Waals surface area contributed by atoms with Crippen molar-refractivity contribution in [1.29, 1.82) is 0 Å². The van der Waals surface area contributed by atoms with Gasteiger partial charge in [0, 0.05) is 13.7 Å². The summed E-state index contributed by atoms with van der Waals surface area (Å²) in [6, 6.07) is 0. The Kier molecular flexibility index (Phi) is 9.35. The second-order valence-electron chi connectivity index (χ2n) is 3.63. The Hall–Kier alpha value is -0.120. The third-order valence-electron chi connectivity index (χ3n) is 2.56. The van der Waals surface area contributed by atoms with Crippen molar-refractivity contribution in [1.82, 2.24) is 10.2 Å². The number of ether oxygens (including phenoxy) is 1. The van der Waals surface area contributed by atoms with Gasteiger partial charge in [0.25, 0.3) is 0 Å². The zero-order valence-corrected chi connectivity index (χ0v) is 10.2. The molecule has 1 atom stereocenters. The Bertz CT molecular complexity index is 116. The minimum absolute atomic E-state index is 0.323. The van der Waals surface area contributed by atoms with Gasteiger partial charge in [0.1, 0.15) is 0 Å². The van der Waals surface area contributed by atoms with Crippen molar-refractivity contribution in [3.63, 3.8) is 0 Å². The van der Waals surface area contributed by atoms with Gasteiger partial charge in [-0.05, 0) is 39.5 Å². The quantitative estimate of drug-likeness (QED) is 0.571. The predicted molar refractivity (Wildman–Crippen MR) is 61.7 cm³/mol. The van der Waals surface area contributed by atoms with Gasteiger partial charge in [-0.15, -0.1) is 0 Å². The van der Waals surface area contributed by atoms with Crippen molar-refractivity contribution >= 4 is 0 Å². The second-order valence-corrected chi connectivity index (χ2v) is 3.63. The summed E-state index contributed by atoms with van der Waals surface area (Å²) in [4.78, 5) is 2.45. The number of hydrogen-bond acceptors (Lipinski definition) is 3. The van der Waals surface area contributed by atoms with Crippen LogP contribution in [0.5, 0.6) is 0 Å². The summed E-state index contributed by atoms with van der Waals surface area (Å²) in [5.41, 5.74) is 0. The van der Waals surface area contributed by atoms with Crippen molar-refractivity contribution in [2.24, 2.45) is 0 Å². The molecule has 0 aromatic carbocycles. The molecule has 0 aliphatic rings. The summed E-state index contributed by atoms with van der Waals surface area (Å²) in [6.07, 6.45) is 1.54. The van der Waals surface area contributed by atoms with Crippen molar-refractivity contribution in [3.05, 3.63) is 0 Å². The molecule has 1 N–H and O–H groups in total. The third-order valence-corrected chi connectivity index (χ3v) is 2.56. The van der Waals surface area contributed by atoms with Crippen LogP contribution in [-0.4, -0.2) is 50.8 Å². The van der Waals surface area contributed by atoms with Gasteiger partial charge >= 0.3 is 0 Å². The van der Waals surface area contributed by atoms with Crippen LogP contribution in [0.1, 0.15) is 27.2 Å². The van der Waals surface area contributed by atoms with Crippen LogP contribution in [0.3, 0.4) is 0 Å². The average Bonchev–Trinajstić information content (AvgIpc) is 2.23. The number of hydrogen-bond donors (Lipinski definition) is 1. The first-order chi connectivity index (χ1) is 6.74. The van der Waals surface area contributed by atoms with Gasteiger partial charge in [-0.25, -0.2) is 0 Å². The first-order valence-electron chi connectivity index (χ1n) is 5.70. The number of nitrogens with one attached hydrogen (secondary N) is 1. The Labute approximate surface area is 88.8 Å². The molecule has 86 valence electrons. The Morgan fingerprint density at radius 2 is 1.93 bits per heavy atom. The van der Waals surface area contributed by atoms with Gasteiger partial charge in [-0.1, -0.05) is 13.8 Å². The fraction of sp³-hybridized carbons (Fsp3) is 1.00. The van der Waals surface area contributed by atoms with E-state index in [0.29, 0.717) is 6.10 Å². The number of nitrogens with zero attached hydrogens (tertiary/aromatic N) is 1. The molecule has 0 aromatic heterocycles. The maximum atomic E-state index is 5.15. The molecule has 0 saturated heterocycles. The lowest BCUT2D eigenvalue weighted by atomic mass is 10.3. The molecular weight excluding hydrogens is 176 g/mol. The van der Waals surface area contributed by atoms with Crippen molar-refractivity contribution < 1.29 is 4.74 Å². The lowest BCUT2D eigenvalue weighted by Gasteiger charge is -2.18. The Morgan fingerprint density at radius 1 is 1.29 bits per heavy atom. The van der Waals surface area contributed by atoms with E-state index in [1.807, 2.05) is 0 Å². The molecule has 0 aromatic rings. The van der Waals surface area contributed by atoms with E-state index < -0.39 is 0 Å². The van der Waals surface area contributed by atoms with E-state index in [9.17, 15) is 0 Å². The highest BCUT2D eigenvalue weighted by Gasteiger charge is 1.99. The first kappa shape index (κ1) is 13.9. The molecule has 0 rings (SSSR count). The van der Waals surface area contributed by atoms with E-state index in [2.05, 4.69) is 31.0 Å². The van der Waals surface area contributed by atoms with E-state index in [-0.39, 0.29) is 0 Å². The summed E-state index contributed by atoms with van der Waals surface area (Å²) in [7, 11) is 1.75. The van der Waals surface area contributed by atoms with Crippen molar-refractivity contribution in [3.8, 4) is 0 Å². The monoisotopic (exact) mass is 202 g/mol. The molecule has 0 aliphatic heterocycles. The lowest BCUT2D eigenvalue weighted by molar-refractivity contribution is 0.117. The second kappa shape index (κ2) is 9.44. The topological polar surface area (TPSA) is 24.5 Å². The van der Waals surface area contributed by atoms with Crippen LogP contribution >= 0.6 is 0 Å². The molecule has 0 aliphatic carbocycles. The Morgan fingerprint density at radius 3 is 2.43 bits per heavy atom. The highest BCUT2D eigenvalue weighted by molar-refractivity contribution is 4.57. The predicted octanol–water partition coefficient (Wildman–Crippen LogP) is 1.34. The Balaban J connectivity index is 3.20. The molecule has 0 amide bonds. The molecule has 0 saturated carbocycles. The molecule has 3 nitrogen and oxygen atoms in total. The smallest absolute Gasteiger partial charge is 0.0667 e. The van der Waals surface area contributed by atoms with E-state index in [1.165, 1.54) is 13.0 Å². The molecule has 3 heteroatoms. The fourth-order valence-corrected chi connectivity index (χ4v) is 1.36. The zero-order chi connectivity index (χ0) is 10.8. The van der Waals surface area contributed by atoms with E-state index in [4.69, 9.17) is 4.74 Å². The van der Waals surface area contributed by atoms with Gasteiger partial charge < -0.3 is 15.0 Å². The standard InChI is InChI=1S/C11H26N2O/c1-5-13(6-2)9-7-8-12-10-11(3)14-4/h11-12H,5-10H2,1-4H3. The van der Waals surface area contributed by atoms with Crippen LogP contribution in [-0.2, 0) is 4.74 Å². The summed E-state index contributed by atoms with van der Waals surface area (Å²) >= 11 is 0. The van der Waals surface area contributed by atoms with E-state index in [1.54, 1.807) is 7.11 Å². The minimum atomic E-state index is 0.323. The highest BCUT2D eigenvalue weighted by atomic mass is 16.5. The van der Waals surface area contributed by atoms with Gasteiger partial charge in [-0.3, -0.25) is 0 Å². The van der Waals surface area contributed by atoms with Crippen LogP contribution in [0.4, 0.5) is 0 Å². The molecule has 0 heterocycles. The maximum absolute atomic E-state index is 5.15. The van der Waals surface area contributed by atoms with Crippen molar-refractivity contribution in [2.75, 3.05) is 39.8 Å². The highest BCUT2D eigenvalue weighted by Crippen LogP contribution is 1.90. The largest absolute Gasteiger partial charge is 0.380 e. The van der Waals surface area contributed by atoms with Crippen LogP contribution in [0.2, 0.25) is 0 Å². The first-order valence-corrected chi connectivity index (χ1v) is 5.70. The average molecular weight is 202 g/mol. The normalized spacial score (nSPS) is 13.5. The van der Waals surface area contributed by atoms with Gasteiger partial charge in [-0.2, -0.15) is 0 Å². The van der Waals surface area contributed by atoms with E-state index in [0.717, 1.165) is 26.2 Å². The van der Waals surface area contributed by atoms with Crippen LogP contribution in [0, 0.1) is 0 Å². The fourth-order valence-electron chi connectivity index (χ4n) is 1.36. The third kappa shape index (κ3) is 7.30. The lowest BCUT2D eigenvalue weighted by Crippen LogP contribution is -2.30. The molecule has 1 unspecified atom stereocenters. The number of rotatable bonds is 9. The number of methoxy groups -OCH3 is 1. The maximum Gasteiger partial charge on any atom is 0.0667 e. The summed E-state index contributed by atoms with van der Waals surface area (Å²) < 4.78 is 5.15. The van der Waals surface area contributed by atoms with Crippen LogP contribution in [0.15, 0.2) is 0 Å². The summed E-state index contributed by atoms with van der Waals surface area (Å²) in [6.45, 7) is 12.1. The van der Waals surface area contributed by atoms with Crippen molar-refractivity contribution in [2.45, 2.75) is 33.3 Å². The van der Waals surface area contributed by atoms with Gasteiger partial charge in [0.05, 0.1) is 6.10 Å². The van der Waals surface area contributed by atoms with Gasteiger partial charge in [0.2, 0.25) is 0 Å². The molecule has 0 radical (unpaired) electrons. The molecule has 0 fully saturated rings. The van der Waals surface area contributed by atoms with Crippen LogP contribution < -0.4 is 5.32 Å².